The molecule has 0 radical (unpaired) electrons. The summed E-state index contributed by atoms with van der Waals surface area (Å²) in [6.45, 7) is 2.65. The van der Waals surface area contributed by atoms with Crippen LogP contribution in [0.5, 0.6) is 0 Å². The number of carbonyl (C=O) groups excluding carboxylic acids is 2. The first-order chi connectivity index (χ1) is 12.1. The van der Waals surface area contributed by atoms with Crippen LogP contribution in [0.15, 0.2) is 30.3 Å². The maximum Gasteiger partial charge on any atom is 0.241 e. The number of anilines is 1. The molecule has 2 heterocycles. The number of carbonyl (C=O) groups is 2. The molecule has 2 aliphatic heterocycles. The van der Waals surface area contributed by atoms with Gasteiger partial charge >= 0.3 is 0 Å². The summed E-state index contributed by atoms with van der Waals surface area (Å²) in [5.74, 6) is 0.710. The zero-order valence-electron chi connectivity index (χ0n) is 15.0. The third-order valence-electron chi connectivity index (χ3n) is 6.35. The molecule has 1 atom stereocenters. The van der Waals surface area contributed by atoms with E-state index in [9.17, 15) is 9.59 Å². The lowest BCUT2D eigenvalue weighted by Crippen LogP contribution is -2.64. The highest BCUT2D eigenvalue weighted by molar-refractivity contribution is 5.96. The van der Waals surface area contributed by atoms with Gasteiger partial charge in [-0.3, -0.25) is 14.5 Å². The Balaban J connectivity index is 1.52. The minimum absolute atomic E-state index is 0.113. The quantitative estimate of drug-likeness (QED) is 0.828. The van der Waals surface area contributed by atoms with E-state index in [1.807, 2.05) is 42.3 Å². The molecule has 1 spiro atoms. The van der Waals surface area contributed by atoms with Crippen molar-refractivity contribution in [2.45, 2.75) is 37.6 Å². The van der Waals surface area contributed by atoms with E-state index in [2.05, 4.69) is 9.80 Å². The summed E-state index contributed by atoms with van der Waals surface area (Å²) in [5.41, 5.74) is 0.846. The van der Waals surface area contributed by atoms with Crippen molar-refractivity contribution in [3.05, 3.63) is 30.3 Å². The largest absolute Gasteiger partial charge is 0.340 e. The highest BCUT2D eigenvalue weighted by Gasteiger charge is 2.49. The van der Waals surface area contributed by atoms with Crippen LogP contribution in [0, 0.1) is 5.92 Å². The van der Waals surface area contributed by atoms with Gasteiger partial charge in [-0.1, -0.05) is 31.0 Å². The van der Waals surface area contributed by atoms with E-state index >= 15 is 0 Å². The van der Waals surface area contributed by atoms with Crippen LogP contribution in [-0.4, -0.2) is 60.4 Å². The summed E-state index contributed by atoms with van der Waals surface area (Å²) in [6.07, 6.45) is 5.41. The zero-order valence-corrected chi connectivity index (χ0v) is 15.0. The van der Waals surface area contributed by atoms with E-state index in [0.717, 1.165) is 38.0 Å². The first-order valence-corrected chi connectivity index (χ1v) is 9.44. The maximum absolute atomic E-state index is 12.8. The van der Waals surface area contributed by atoms with Gasteiger partial charge in [0, 0.05) is 31.2 Å². The van der Waals surface area contributed by atoms with E-state index < -0.39 is 0 Å². The molecule has 1 aromatic rings. The van der Waals surface area contributed by atoms with Crippen molar-refractivity contribution in [3.63, 3.8) is 0 Å². The lowest BCUT2D eigenvalue weighted by molar-refractivity contribution is -0.134. The van der Waals surface area contributed by atoms with Gasteiger partial charge in [0.1, 0.15) is 0 Å². The van der Waals surface area contributed by atoms with Crippen LogP contribution < -0.4 is 4.90 Å². The monoisotopic (exact) mass is 341 g/mol. The number of benzene rings is 1. The number of hydrogen-bond donors (Lipinski definition) is 0. The summed E-state index contributed by atoms with van der Waals surface area (Å²) in [7, 11) is 2.03. The lowest BCUT2D eigenvalue weighted by atomic mass is 9.92. The first-order valence-electron chi connectivity index (χ1n) is 9.44. The highest BCUT2D eigenvalue weighted by atomic mass is 16.2. The van der Waals surface area contributed by atoms with Gasteiger partial charge in [0.25, 0.3) is 0 Å². The van der Waals surface area contributed by atoms with Crippen LogP contribution in [0.4, 0.5) is 5.69 Å². The normalized spacial score (nSPS) is 28.3. The van der Waals surface area contributed by atoms with E-state index in [1.165, 1.54) is 12.8 Å². The molecule has 3 aliphatic rings. The Bertz CT molecular complexity index is 656. The highest BCUT2D eigenvalue weighted by Crippen LogP contribution is 2.35. The predicted molar refractivity (Wildman–Crippen MR) is 97.3 cm³/mol. The van der Waals surface area contributed by atoms with E-state index in [1.54, 1.807) is 0 Å². The number of rotatable bonds is 2. The Morgan fingerprint density at radius 2 is 1.84 bits per heavy atom. The van der Waals surface area contributed by atoms with Crippen LogP contribution in [0.2, 0.25) is 0 Å². The molecule has 2 saturated heterocycles. The van der Waals surface area contributed by atoms with Crippen LogP contribution in [0.1, 0.15) is 32.1 Å². The molecule has 5 heteroatoms. The molecule has 1 aromatic carbocycles. The average Bonchev–Trinajstić information content (AvgIpc) is 3.30. The molecule has 3 fully saturated rings. The predicted octanol–water partition coefficient (Wildman–Crippen LogP) is 2.13. The first kappa shape index (κ1) is 16.6. The van der Waals surface area contributed by atoms with Gasteiger partial charge in [0.2, 0.25) is 11.8 Å². The molecule has 1 aliphatic carbocycles. The van der Waals surface area contributed by atoms with Crippen LogP contribution >= 0.6 is 0 Å². The van der Waals surface area contributed by atoms with Gasteiger partial charge in [0.05, 0.1) is 12.1 Å². The molecule has 4 rings (SSSR count). The van der Waals surface area contributed by atoms with Gasteiger partial charge in [-0.05, 0) is 38.4 Å². The third-order valence-corrected chi connectivity index (χ3v) is 6.35. The van der Waals surface area contributed by atoms with E-state index in [0.29, 0.717) is 19.0 Å². The Hall–Kier alpha value is -1.88. The molecule has 25 heavy (non-hydrogen) atoms. The van der Waals surface area contributed by atoms with Crippen molar-refractivity contribution in [1.82, 2.24) is 9.80 Å². The van der Waals surface area contributed by atoms with Crippen molar-refractivity contribution >= 4 is 17.5 Å². The van der Waals surface area contributed by atoms with Crippen LogP contribution in [-0.2, 0) is 9.59 Å². The fourth-order valence-electron chi connectivity index (χ4n) is 4.72. The average molecular weight is 341 g/mol. The second kappa shape index (κ2) is 6.45. The van der Waals surface area contributed by atoms with Gasteiger partial charge < -0.3 is 9.80 Å². The topological polar surface area (TPSA) is 43.9 Å². The molecule has 2 amide bonds. The van der Waals surface area contributed by atoms with Crippen LogP contribution in [0.3, 0.4) is 0 Å². The number of hydrogen-bond acceptors (Lipinski definition) is 3. The van der Waals surface area contributed by atoms with Crippen LogP contribution in [0.25, 0.3) is 0 Å². The summed E-state index contributed by atoms with van der Waals surface area (Å²) in [4.78, 5) is 31.5. The zero-order chi connectivity index (χ0) is 17.4. The number of para-hydroxylation sites is 1. The van der Waals surface area contributed by atoms with Gasteiger partial charge in [0.15, 0.2) is 0 Å². The number of amides is 2. The van der Waals surface area contributed by atoms with Gasteiger partial charge in [-0.15, -0.1) is 0 Å². The summed E-state index contributed by atoms with van der Waals surface area (Å²) in [5, 5.41) is 0. The second-order valence-corrected chi connectivity index (χ2v) is 7.89. The van der Waals surface area contributed by atoms with Gasteiger partial charge in [-0.25, -0.2) is 0 Å². The SMILES string of the molecule is CN1CC(=O)N(c2ccccc2)CC12CCN(C(=O)C1CCCC1)C2. The number of likely N-dealkylation sites (tertiary alicyclic amines) is 1. The van der Waals surface area contributed by atoms with E-state index in [-0.39, 0.29) is 17.4 Å². The Kier molecular flexibility index (Phi) is 4.28. The number of likely N-dealkylation sites (N-methyl/N-ethyl adjacent to an activating group) is 1. The smallest absolute Gasteiger partial charge is 0.241 e. The molecular weight excluding hydrogens is 314 g/mol. The molecule has 1 unspecified atom stereocenters. The van der Waals surface area contributed by atoms with E-state index in [4.69, 9.17) is 0 Å². The second-order valence-electron chi connectivity index (χ2n) is 7.89. The van der Waals surface area contributed by atoms with Crippen molar-refractivity contribution in [3.8, 4) is 0 Å². The van der Waals surface area contributed by atoms with Crippen molar-refractivity contribution in [2.75, 3.05) is 38.1 Å². The molecule has 5 nitrogen and oxygen atoms in total. The maximum atomic E-state index is 12.8. The molecule has 0 bridgehead atoms. The van der Waals surface area contributed by atoms with Crippen molar-refractivity contribution < 1.29 is 9.59 Å². The summed E-state index contributed by atoms with van der Waals surface area (Å²) in [6, 6.07) is 9.90. The number of nitrogens with zero attached hydrogens (tertiary/aromatic N) is 3. The number of piperazine rings is 1. The molecule has 1 saturated carbocycles. The molecular formula is C20H27N3O2. The van der Waals surface area contributed by atoms with Crippen molar-refractivity contribution in [1.29, 1.82) is 0 Å². The standard InChI is InChI=1S/C20H27N3O2/c1-21-13-18(24)23(17-9-3-2-4-10-17)15-20(21)11-12-22(14-20)19(25)16-7-5-6-8-16/h2-4,9-10,16H,5-8,11-15H2,1H3. The Morgan fingerprint density at radius 3 is 2.56 bits per heavy atom. The fraction of sp³-hybridized carbons (Fsp3) is 0.600. The minimum atomic E-state index is -0.113. The fourth-order valence-corrected chi connectivity index (χ4v) is 4.72. The Morgan fingerprint density at radius 1 is 1.12 bits per heavy atom. The molecule has 0 N–H and O–H groups in total. The van der Waals surface area contributed by atoms with Crippen molar-refractivity contribution in [2.24, 2.45) is 5.92 Å². The third kappa shape index (κ3) is 2.95. The minimum Gasteiger partial charge on any atom is -0.340 e. The lowest BCUT2D eigenvalue weighted by Gasteiger charge is -2.46. The Labute approximate surface area is 149 Å². The molecule has 0 aromatic heterocycles. The molecule has 134 valence electrons. The summed E-state index contributed by atoms with van der Waals surface area (Å²) < 4.78 is 0. The summed E-state index contributed by atoms with van der Waals surface area (Å²) >= 11 is 0. The van der Waals surface area contributed by atoms with Gasteiger partial charge in [-0.2, -0.15) is 0 Å².